The van der Waals surface area contributed by atoms with Crippen LogP contribution in [0.25, 0.3) is 22.2 Å². The molecular weight excluding hydrogens is 222 g/mol. The van der Waals surface area contributed by atoms with E-state index < -0.39 is 0 Å². The number of rotatable bonds is 1. The van der Waals surface area contributed by atoms with Gasteiger partial charge < -0.3 is 0 Å². The Balaban J connectivity index is 2.19. The third-order valence-corrected chi connectivity index (χ3v) is 2.78. The molecule has 0 aliphatic carbocycles. The standard InChI is InChI=1S/C15H9N3/c16-10-11-6-7-14-13(8-11)9-15(18-17-14)12-4-2-1-3-5-12/h1-9H. The minimum atomic E-state index is 0.634. The molecule has 0 aliphatic rings. The van der Waals surface area contributed by atoms with E-state index in [9.17, 15) is 0 Å². The van der Waals surface area contributed by atoms with Crippen LogP contribution in [-0.4, -0.2) is 10.2 Å². The smallest absolute Gasteiger partial charge is 0.0991 e. The molecule has 0 fully saturated rings. The Bertz CT molecular complexity index is 743. The molecule has 18 heavy (non-hydrogen) atoms. The molecule has 1 heterocycles. The largest absolute Gasteiger partial charge is 0.192 e. The third-order valence-electron chi connectivity index (χ3n) is 2.78. The average Bonchev–Trinajstić information content (AvgIpc) is 2.47. The molecule has 3 heteroatoms. The summed E-state index contributed by atoms with van der Waals surface area (Å²) in [7, 11) is 0. The van der Waals surface area contributed by atoms with Crippen molar-refractivity contribution in [2.75, 3.05) is 0 Å². The van der Waals surface area contributed by atoms with Crippen molar-refractivity contribution in [1.29, 1.82) is 5.26 Å². The predicted molar refractivity (Wildman–Crippen MR) is 69.7 cm³/mol. The second-order valence-corrected chi connectivity index (χ2v) is 3.98. The Morgan fingerprint density at radius 2 is 1.72 bits per heavy atom. The lowest BCUT2D eigenvalue weighted by Gasteiger charge is -2.02. The lowest BCUT2D eigenvalue weighted by atomic mass is 10.1. The second-order valence-electron chi connectivity index (χ2n) is 3.98. The van der Waals surface area contributed by atoms with Crippen LogP contribution in [0.2, 0.25) is 0 Å². The van der Waals surface area contributed by atoms with Gasteiger partial charge in [-0.1, -0.05) is 30.3 Å². The van der Waals surface area contributed by atoms with E-state index in [0.29, 0.717) is 5.56 Å². The van der Waals surface area contributed by atoms with E-state index >= 15 is 0 Å². The van der Waals surface area contributed by atoms with E-state index in [4.69, 9.17) is 5.26 Å². The minimum Gasteiger partial charge on any atom is -0.192 e. The minimum absolute atomic E-state index is 0.634. The van der Waals surface area contributed by atoms with Gasteiger partial charge in [0.2, 0.25) is 0 Å². The van der Waals surface area contributed by atoms with Crippen molar-refractivity contribution in [3.8, 4) is 17.3 Å². The Hall–Kier alpha value is -2.73. The highest BCUT2D eigenvalue weighted by Gasteiger charge is 2.03. The van der Waals surface area contributed by atoms with Gasteiger partial charge in [-0.25, -0.2) is 0 Å². The first-order chi connectivity index (χ1) is 8.86. The van der Waals surface area contributed by atoms with Gasteiger partial charge in [-0.2, -0.15) is 5.26 Å². The van der Waals surface area contributed by atoms with Crippen LogP contribution in [-0.2, 0) is 0 Å². The van der Waals surface area contributed by atoms with Crippen molar-refractivity contribution in [3.63, 3.8) is 0 Å². The zero-order chi connectivity index (χ0) is 12.4. The number of aromatic nitrogens is 2. The van der Waals surface area contributed by atoms with E-state index in [0.717, 1.165) is 22.2 Å². The molecule has 3 aromatic rings. The van der Waals surface area contributed by atoms with Gasteiger partial charge in [0.15, 0.2) is 0 Å². The highest BCUT2D eigenvalue weighted by atomic mass is 15.1. The number of fused-ring (bicyclic) bond motifs is 1. The molecule has 0 aliphatic heterocycles. The summed E-state index contributed by atoms with van der Waals surface area (Å²) < 4.78 is 0. The first-order valence-corrected chi connectivity index (χ1v) is 5.60. The zero-order valence-electron chi connectivity index (χ0n) is 9.54. The topological polar surface area (TPSA) is 49.6 Å². The highest BCUT2D eigenvalue weighted by molar-refractivity contribution is 5.83. The van der Waals surface area contributed by atoms with Crippen LogP contribution in [0, 0.1) is 11.3 Å². The average molecular weight is 231 g/mol. The van der Waals surface area contributed by atoms with E-state index in [1.807, 2.05) is 48.5 Å². The molecule has 0 saturated carbocycles. The van der Waals surface area contributed by atoms with E-state index in [1.165, 1.54) is 0 Å². The molecule has 3 nitrogen and oxygen atoms in total. The lowest BCUT2D eigenvalue weighted by Crippen LogP contribution is -1.89. The molecule has 0 bridgehead atoms. The molecule has 3 rings (SSSR count). The molecule has 0 spiro atoms. The van der Waals surface area contributed by atoms with Crippen LogP contribution in [0.15, 0.2) is 54.6 Å². The van der Waals surface area contributed by atoms with Crippen LogP contribution < -0.4 is 0 Å². The first-order valence-electron chi connectivity index (χ1n) is 5.60. The van der Waals surface area contributed by atoms with E-state index in [2.05, 4.69) is 16.3 Å². The molecule has 0 radical (unpaired) electrons. The van der Waals surface area contributed by atoms with Gasteiger partial charge in [0.1, 0.15) is 0 Å². The van der Waals surface area contributed by atoms with Crippen molar-refractivity contribution in [1.82, 2.24) is 10.2 Å². The van der Waals surface area contributed by atoms with Crippen LogP contribution in [0.4, 0.5) is 0 Å². The number of hydrogen-bond acceptors (Lipinski definition) is 3. The molecule has 2 aromatic carbocycles. The molecule has 0 N–H and O–H groups in total. The molecule has 0 atom stereocenters. The molecule has 0 unspecified atom stereocenters. The summed E-state index contributed by atoms with van der Waals surface area (Å²) in [4.78, 5) is 0. The van der Waals surface area contributed by atoms with Crippen molar-refractivity contribution in [3.05, 3.63) is 60.2 Å². The predicted octanol–water partition coefficient (Wildman–Crippen LogP) is 3.17. The van der Waals surface area contributed by atoms with Gasteiger partial charge in [-0.05, 0) is 24.3 Å². The summed E-state index contributed by atoms with van der Waals surface area (Å²) in [6.45, 7) is 0. The Kier molecular flexibility index (Phi) is 2.47. The maximum atomic E-state index is 8.90. The van der Waals surface area contributed by atoms with Crippen molar-refractivity contribution >= 4 is 10.9 Å². The van der Waals surface area contributed by atoms with Gasteiger partial charge in [0.25, 0.3) is 0 Å². The normalized spacial score (nSPS) is 10.2. The lowest BCUT2D eigenvalue weighted by molar-refractivity contribution is 1.08. The summed E-state index contributed by atoms with van der Waals surface area (Å²) in [5.74, 6) is 0. The SMILES string of the molecule is N#Cc1ccc2nnc(-c3ccccc3)cc2c1. The Morgan fingerprint density at radius 1 is 0.889 bits per heavy atom. The van der Waals surface area contributed by atoms with Crippen molar-refractivity contribution in [2.45, 2.75) is 0 Å². The second kappa shape index (κ2) is 4.27. The number of hydrogen-bond donors (Lipinski definition) is 0. The number of nitrogens with zero attached hydrogens (tertiary/aromatic N) is 3. The van der Waals surface area contributed by atoms with Gasteiger partial charge in [-0.15, -0.1) is 10.2 Å². The first kappa shape index (κ1) is 10.4. The summed E-state index contributed by atoms with van der Waals surface area (Å²) in [6.07, 6.45) is 0. The van der Waals surface area contributed by atoms with Crippen molar-refractivity contribution in [2.24, 2.45) is 0 Å². The fraction of sp³-hybridized carbons (Fsp3) is 0. The van der Waals surface area contributed by atoms with Gasteiger partial charge in [0.05, 0.1) is 22.8 Å². The highest BCUT2D eigenvalue weighted by Crippen LogP contribution is 2.20. The fourth-order valence-electron chi connectivity index (χ4n) is 1.86. The van der Waals surface area contributed by atoms with Crippen LogP contribution >= 0.6 is 0 Å². The Labute approximate surface area is 104 Å². The summed E-state index contributed by atoms with van der Waals surface area (Å²) in [5, 5.41) is 18.2. The van der Waals surface area contributed by atoms with Crippen LogP contribution in [0.5, 0.6) is 0 Å². The van der Waals surface area contributed by atoms with Gasteiger partial charge in [-0.3, -0.25) is 0 Å². The van der Waals surface area contributed by atoms with Crippen LogP contribution in [0.3, 0.4) is 0 Å². The maximum Gasteiger partial charge on any atom is 0.0991 e. The molecule has 0 saturated heterocycles. The van der Waals surface area contributed by atoms with E-state index in [-0.39, 0.29) is 0 Å². The van der Waals surface area contributed by atoms with E-state index in [1.54, 1.807) is 6.07 Å². The molecule has 0 amide bonds. The van der Waals surface area contributed by atoms with Gasteiger partial charge in [0, 0.05) is 10.9 Å². The fourth-order valence-corrected chi connectivity index (χ4v) is 1.86. The molecular formula is C15H9N3. The molecule has 1 aromatic heterocycles. The monoisotopic (exact) mass is 231 g/mol. The number of benzene rings is 2. The maximum absolute atomic E-state index is 8.90. The van der Waals surface area contributed by atoms with Crippen molar-refractivity contribution < 1.29 is 0 Å². The third kappa shape index (κ3) is 1.80. The van der Waals surface area contributed by atoms with Gasteiger partial charge >= 0.3 is 0 Å². The number of nitriles is 1. The van der Waals surface area contributed by atoms with Crippen LogP contribution in [0.1, 0.15) is 5.56 Å². The zero-order valence-corrected chi connectivity index (χ0v) is 9.54. The summed E-state index contributed by atoms with van der Waals surface area (Å²) >= 11 is 0. The Morgan fingerprint density at radius 3 is 2.50 bits per heavy atom. The quantitative estimate of drug-likeness (QED) is 0.646. The molecule has 84 valence electrons. The summed E-state index contributed by atoms with van der Waals surface area (Å²) in [5.41, 5.74) is 3.27. The summed E-state index contributed by atoms with van der Waals surface area (Å²) in [6, 6.07) is 19.4.